The third kappa shape index (κ3) is 3.23. The highest BCUT2D eigenvalue weighted by atomic mass is 32.1. The van der Waals surface area contributed by atoms with Crippen molar-refractivity contribution in [2.75, 3.05) is 31.1 Å². The topological polar surface area (TPSA) is 69.3 Å². The average Bonchev–Trinajstić information content (AvgIpc) is 3.46. The molecule has 0 radical (unpaired) electrons. The summed E-state index contributed by atoms with van der Waals surface area (Å²) >= 11 is 1.69. The molecule has 5 rings (SSSR count). The Morgan fingerprint density at radius 2 is 1.89 bits per heavy atom. The Balaban J connectivity index is 1.30. The molecule has 0 spiro atoms. The summed E-state index contributed by atoms with van der Waals surface area (Å²) in [6, 6.07) is 11.4. The first-order valence-electron chi connectivity index (χ1n) is 9.31. The maximum atomic E-state index is 12.9. The predicted molar refractivity (Wildman–Crippen MR) is 107 cm³/mol. The van der Waals surface area contributed by atoms with Crippen molar-refractivity contribution in [3.63, 3.8) is 0 Å². The second-order valence-corrected chi connectivity index (χ2v) is 8.22. The Morgan fingerprint density at radius 3 is 2.63 bits per heavy atom. The molecule has 1 saturated carbocycles. The van der Waals surface area contributed by atoms with E-state index in [0.717, 1.165) is 42.3 Å². The third-order valence-electron chi connectivity index (χ3n) is 5.25. The quantitative estimate of drug-likeness (QED) is 0.759. The number of H-pyrrole nitrogens is 1. The third-order valence-corrected chi connectivity index (χ3v) is 6.35. The van der Waals surface area contributed by atoms with Crippen molar-refractivity contribution in [3.05, 3.63) is 58.0 Å². The lowest BCUT2D eigenvalue weighted by Gasteiger charge is -2.34. The van der Waals surface area contributed by atoms with E-state index in [2.05, 4.69) is 16.0 Å². The van der Waals surface area contributed by atoms with Gasteiger partial charge in [0.25, 0.3) is 5.91 Å². The summed E-state index contributed by atoms with van der Waals surface area (Å²) in [5.41, 5.74) is 2.25. The van der Waals surface area contributed by atoms with Crippen molar-refractivity contribution in [1.82, 2.24) is 14.9 Å². The van der Waals surface area contributed by atoms with Crippen LogP contribution in [0.2, 0.25) is 0 Å². The number of anilines is 1. The zero-order chi connectivity index (χ0) is 18.4. The Morgan fingerprint density at radius 1 is 1.11 bits per heavy atom. The molecule has 1 amide bonds. The molecule has 3 aromatic rings. The van der Waals surface area contributed by atoms with Crippen LogP contribution >= 0.6 is 11.3 Å². The fourth-order valence-corrected chi connectivity index (χ4v) is 4.60. The minimum absolute atomic E-state index is 0.0491. The molecular weight excluding hydrogens is 360 g/mol. The first-order valence-corrected chi connectivity index (χ1v) is 10.1. The number of carbonyl (C=O) groups is 1. The van der Waals surface area contributed by atoms with E-state index in [0.29, 0.717) is 24.6 Å². The van der Waals surface area contributed by atoms with Gasteiger partial charge in [0, 0.05) is 43.5 Å². The number of aromatic nitrogens is 2. The number of pyridine rings is 1. The molecule has 2 aliphatic rings. The second-order valence-electron chi connectivity index (χ2n) is 7.21. The van der Waals surface area contributed by atoms with Crippen LogP contribution in [0.1, 0.15) is 34.8 Å². The van der Waals surface area contributed by atoms with Gasteiger partial charge in [-0.2, -0.15) is 0 Å². The number of hydrogen-bond acceptors (Lipinski definition) is 5. The highest BCUT2D eigenvalue weighted by Crippen LogP contribution is 2.38. The summed E-state index contributed by atoms with van der Waals surface area (Å²) < 4.78 is 1.18. The predicted octanol–water partition coefficient (Wildman–Crippen LogP) is 2.82. The van der Waals surface area contributed by atoms with E-state index in [1.807, 2.05) is 29.2 Å². The van der Waals surface area contributed by atoms with Gasteiger partial charge < -0.3 is 14.8 Å². The number of fused-ring (bicyclic) bond motifs is 1. The number of piperazine rings is 1. The Kier molecular flexibility index (Phi) is 3.97. The standard InChI is InChI=1S/C20H20N4O2S/c25-18-12-14(11-16(21-18)13-5-6-13)19(26)23-7-9-24(10-8-23)20-22-15-3-1-2-4-17(15)27-20/h1-4,11-13H,5-10H2,(H,21,25). The van der Waals surface area contributed by atoms with E-state index in [9.17, 15) is 9.59 Å². The number of amides is 1. The molecule has 6 nitrogen and oxygen atoms in total. The maximum absolute atomic E-state index is 12.9. The normalized spacial score (nSPS) is 17.5. The Labute approximate surface area is 160 Å². The molecular formula is C20H20N4O2S. The van der Waals surface area contributed by atoms with Crippen LogP contribution in [0.4, 0.5) is 5.13 Å². The number of hydrogen-bond donors (Lipinski definition) is 1. The molecule has 1 aromatic carbocycles. The minimum atomic E-state index is -0.184. The first-order chi connectivity index (χ1) is 13.2. The lowest BCUT2D eigenvalue weighted by molar-refractivity contribution is 0.0746. The van der Waals surface area contributed by atoms with Crippen LogP contribution in [-0.2, 0) is 0 Å². The number of aromatic amines is 1. The molecule has 1 aliphatic heterocycles. The second kappa shape index (κ2) is 6.49. The lowest BCUT2D eigenvalue weighted by atomic mass is 10.1. The zero-order valence-corrected chi connectivity index (χ0v) is 15.7. The molecule has 0 atom stereocenters. The summed E-state index contributed by atoms with van der Waals surface area (Å²) in [5, 5.41) is 1.01. The highest BCUT2D eigenvalue weighted by molar-refractivity contribution is 7.22. The molecule has 0 bridgehead atoms. The van der Waals surface area contributed by atoms with Crippen LogP contribution < -0.4 is 10.5 Å². The molecule has 2 aromatic heterocycles. The van der Waals surface area contributed by atoms with Crippen molar-refractivity contribution in [3.8, 4) is 0 Å². The van der Waals surface area contributed by atoms with E-state index in [1.54, 1.807) is 11.3 Å². The van der Waals surface area contributed by atoms with Gasteiger partial charge in [-0.25, -0.2) is 4.98 Å². The number of nitrogens with zero attached hydrogens (tertiary/aromatic N) is 3. The largest absolute Gasteiger partial charge is 0.345 e. The fraction of sp³-hybridized carbons (Fsp3) is 0.350. The van der Waals surface area contributed by atoms with Crippen LogP contribution in [0.5, 0.6) is 0 Å². The van der Waals surface area contributed by atoms with Crippen molar-refractivity contribution in [2.24, 2.45) is 0 Å². The SMILES string of the molecule is O=C(c1cc(C2CC2)[nH]c(=O)c1)N1CCN(c2nc3ccccc3s2)CC1. The molecule has 7 heteroatoms. The highest BCUT2D eigenvalue weighted by Gasteiger charge is 2.28. The van der Waals surface area contributed by atoms with Gasteiger partial charge in [-0.05, 0) is 37.0 Å². The first kappa shape index (κ1) is 16.5. The van der Waals surface area contributed by atoms with Crippen LogP contribution in [0.25, 0.3) is 10.2 Å². The number of thiazole rings is 1. The average molecular weight is 380 g/mol. The molecule has 0 unspecified atom stereocenters. The molecule has 27 heavy (non-hydrogen) atoms. The van der Waals surface area contributed by atoms with Gasteiger partial charge in [0.2, 0.25) is 5.56 Å². The van der Waals surface area contributed by atoms with Gasteiger partial charge in [-0.1, -0.05) is 23.5 Å². The van der Waals surface area contributed by atoms with Gasteiger partial charge in [0.15, 0.2) is 5.13 Å². The summed E-state index contributed by atoms with van der Waals surface area (Å²) in [6.45, 7) is 2.79. The minimum Gasteiger partial charge on any atom is -0.345 e. The summed E-state index contributed by atoms with van der Waals surface area (Å²) in [5.74, 6) is 0.369. The smallest absolute Gasteiger partial charge is 0.254 e. The summed E-state index contributed by atoms with van der Waals surface area (Å²) in [4.78, 5) is 36.4. The molecule has 1 N–H and O–H groups in total. The van der Waals surface area contributed by atoms with Crippen LogP contribution in [0.3, 0.4) is 0 Å². The van der Waals surface area contributed by atoms with E-state index in [-0.39, 0.29) is 11.5 Å². The monoisotopic (exact) mass is 380 g/mol. The fourth-order valence-electron chi connectivity index (χ4n) is 3.58. The zero-order valence-electron chi connectivity index (χ0n) is 14.9. The van der Waals surface area contributed by atoms with Gasteiger partial charge in [-0.3, -0.25) is 9.59 Å². The molecule has 3 heterocycles. The van der Waals surface area contributed by atoms with Gasteiger partial charge in [-0.15, -0.1) is 0 Å². The van der Waals surface area contributed by atoms with E-state index >= 15 is 0 Å². The van der Waals surface area contributed by atoms with Gasteiger partial charge in [0.1, 0.15) is 0 Å². The van der Waals surface area contributed by atoms with Gasteiger partial charge >= 0.3 is 0 Å². The van der Waals surface area contributed by atoms with Crippen molar-refractivity contribution < 1.29 is 4.79 Å². The van der Waals surface area contributed by atoms with Gasteiger partial charge in [0.05, 0.1) is 10.2 Å². The van der Waals surface area contributed by atoms with Crippen LogP contribution in [-0.4, -0.2) is 47.0 Å². The summed E-state index contributed by atoms with van der Waals surface area (Å²) in [6.07, 6.45) is 2.18. The molecule has 1 saturated heterocycles. The van der Waals surface area contributed by atoms with E-state index in [4.69, 9.17) is 4.98 Å². The van der Waals surface area contributed by atoms with E-state index in [1.165, 1.54) is 10.8 Å². The van der Waals surface area contributed by atoms with Crippen molar-refractivity contribution in [1.29, 1.82) is 0 Å². The Bertz CT molecular complexity index is 1030. The Hall–Kier alpha value is -2.67. The number of nitrogens with one attached hydrogen (secondary N) is 1. The van der Waals surface area contributed by atoms with Crippen molar-refractivity contribution in [2.45, 2.75) is 18.8 Å². The van der Waals surface area contributed by atoms with Crippen LogP contribution in [0, 0.1) is 0 Å². The maximum Gasteiger partial charge on any atom is 0.254 e. The van der Waals surface area contributed by atoms with E-state index < -0.39 is 0 Å². The number of benzene rings is 1. The molecule has 2 fully saturated rings. The molecule has 1 aliphatic carbocycles. The lowest BCUT2D eigenvalue weighted by Crippen LogP contribution is -2.49. The number of carbonyl (C=O) groups excluding carboxylic acids is 1. The number of para-hydroxylation sites is 1. The van der Waals surface area contributed by atoms with Crippen LogP contribution in [0.15, 0.2) is 41.2 Å². The molecule has 138 valence electrons. The summed E-state index contributed by atoms with van der Waals surface area (Å²) in [7, 11) is 0. The van der Waals surface area contributed by atoms with Crippen molar-refractivity contribution >= 4 is 32.6 Å². The number of rotatable bonds is 3.